The van der Waals surface area contributed by atoms with Crippen molar-refractivity contribution in [1.82, 2.24) is 0 Å². The number of hydrogen-bond donors (Lipinski definition) is 0. The van der Waals surface area contributed by atoms with E-state index in [9.17, 15) is 0 Å². The van der Waals surface area contributed by atoms with Crippen LogP contribution in [0.5, 0.6) is 0 Å². The first-order valence-electron chi connectivity index (χ1n) is 6.44. The average Bonchev–Trinajstić information content (AvgIpc) is 2.79. The van der Waals surface area contributed by atoms with Crippen LogP contribution < -0.4 is 0 Å². The molecule has 1 nitrogen and oxygen atoms in total. The summed E-state index contributed by atoms with van der Waals surface area (Å²) in [5.74, 6) is 0. The Morgan fingerprint density at radius 2 is 1.50 bits per heavy atom. The van der Waals surface area contributed by atoms with Crippen LogP contribution in [0.25, 0.3) is 0 Å². The van der Waals surface area contributed by atoms with Gasteiger partial charge >= 0.3 is 0 Å². The zero-order chi connectivity index (χ0) is 9.65. The van der Waals surface area contributed by atoms with Crippen molar-refractivity contribution in [3.63, 3.8) is 0 Å². The Morgan fingerprint density at radius 3 is 2.14 bits per heavy atom. The van der Waals surface area contributed by atoms with Gasteiger partial charge in [0.05, 0.1) is 11.7 Å². The lowest BCUT2D eigenvalue weighted by atomic mass is 9.68. The van der Waals surface area contributed by atoms with Gasteiger partial charge in [-0.2, -0.15) is 0 Å². The summed E-state index contributed by atoms with van der Waals surface area (Å²) in [6.07, 6.45) is 13.3. The fraction of sp³-hybridized carbons (Fsp3) is 1.00. The molecule has 1 aliphatic heterocycles. The molecule has 0 amide bonds. The Hall–Kier alpha value is -0.0400. The maximum absolute atomic E-state index is 6.35. The molecule has 2 saturated carbocycles. The molecule has 1 heterocycles. The van der Waals surface area contributed by atoms with E-state index in [4.69, 9.17) is 4.74 Å². The van der Waals surface area contributed by atoms with Crippen molar-refractivity contribution < 1.29 is 4.74 Å². The zero-order valence-corrected chi connectivity index (χ0v) is 9.35. The fourth-order valence-electron chi connectivity index (χ4n) is 4.59. The van der Waals surface area contributed by atoms with Gasteiger partial charge in [0.2, 0.25) is 0 Å². The molecular formula is C13H22O. The fourth-order valence-corrected chi connectivity index (χ4v) is 4.59. The van der Waals surface area contributed by atoms with E-state index < -0.39 is 0 Å². The molecule has 1 saturated heterocycles. The number of hydrogen-bond acceptors (Lipinski definition) is 1. The molecule has 2 aliphatic carbocycles. The molecule has 0 N–H and O–H groups in total. The van der Waals surface area contributed by atoms with Gasteiger partial charge in [-0.15, -0.1) is 0 Å². The molecule has 3 rings (SSSR count). The van der Waals surface area contributed by atoms with E-state index in [0.717, 1.165) is 0 Å². The van der Waals surface area contributed by atoms with Crippen molar-refractivity contribution in [3.8, 4) is 0 Å². The van der Waals surface area contributed by atoms with Crippen LogP contribution in [0.4, 0.5) is 0 Å². The molecule has 1 heteroatoms. The molecule has 14 heavy (non-hydrogen) atoms. The van der Waals surface area contributed by atoms with E-state index in [1.54, 1.807) is 0 Å². The number of ether oxygens (including phenoxy) is 1. The second-order valence-electron chi connectivity index (χ2n) is 5.82. The maximum Gasteiger partial charge on any atom is 0.0743 e. The Bertz CT molecular complexity index is 197. The first-order valence-corrected chi connectivity index (χ1v) is 6.44. The van der Waals surface area contributed by atoms with Crippen molar-refractivity contribution in [2.75, 3.05) is 0 Å². The van der Waals surface area contributed by atoms with E-state index in [1.807, 2.05) is 0 Å². The first-order chi connectivity index (χ1) is 6.77. The highest BCUT2D eigenvalue weighted by molar-refractivity contribution is 5.09. The van der Waals surface area contributed by atoms with E-state index in [-0.39, 0.29) is 0 Å². The van der Waals surface area contributed by atoms with Crippen LogP contribution in [0.1, 0.15) is 64.7 Å². The highest BCUT2D eigenvalue weighted by Gasteiger charge is 2.59. The van der Waals surface area contributed by atoms with Gasteiger partial charge in [-0.05, 0) is 39.0 Å². The van der Waals surface area contributed by atoms with Gasteiger partial charge in [0.25, 0.3) is 0 Å². The Balaban J connectivity index is 1.93. The molecule has 0 bridgehead atoms. The summed E-state index contributed by atoms with van der Waals surface area (Å²) in [6, 6.07) is 0. The second-order valence-corrected chi connectivity index (χ2v) is 5.82. The van der Waals surface area contributed by atoms with Crippen molar-refractivity contribution in [3.05, 3.63) is 0 Å². The first kappa shape index (κ1) is 9.21. The van der Waals surface area contributed by atoms with Gasteiger partial charge in [-0.25, -0.2) is 0 Å². The smallest absolute Gasteiger partial charge is 0.0743 e. The Morgan fingerprint density at radius 1 is 0.929 bits per heavy atom. The SMILES string of the molecule is CC1CC2(CCCC2)C2(CCCC2)O1. The summed E-state index contributed by atoms with van der Waals surface area (Å²) in [5.41, 5.74) is 0.950. The van der Waals surface area contributed by atoms with Crippen LogP contribution in [0.2, 0.25) is 0 Å². The van der Waals surface area contributed by atoms with Crippen molar-refractivity contribution in [1.29, 1.82) is 0 Å². The Labute approximate surface area is 87.2 Å². The highest BCUT2D eigenvalue weighted by atomic mass is 16.5. The van der Waals surface area contributed by atoms with Gasteiger partial charge in [0.1, 0.15) is 0 Å². The predicted molar refractivity (Wildman–Crippen MR) is 57.3 cm³/mol. The summed E-state index contributed by atoms with van der Waals surface area (Å²) in [7, 11) is 0. The monoisotopic (exact) mass is 194 g/mol. The quantitative estimate of drug-likeness (QED) is 0.571. The summed E-state index contributed by atoms with van der Waals surface area (Å²) < 4.78 is 6.35. The molecule has 0 aromatic rings. The van der Waals surface area contributed by atoms with Crippen LogP contribution in [0.15, 0.2) is 0 Å². The number of rotatable bonds is 0. The topological polar surface area (TPSA) is 9.23 Å². The van der Waals surface area contributed by atoms with Gasteiger partial charge in [0, 0.05) is 5.41 Å². The molecular weight excluding hydrogens is 172 g/mol. The summed E-state index contributed by atoms with van der Waals surface area (Å²) in [6.45, 7) is 2.28. The van der Waals surface area contributed by atoms with Crippen LogP contribution in [-0.4, -0.2) is 11.7 Å². The summed E-state index contributed by atoms with van der Waals surface area (Å²) >= 11 is 0. The van der Waals surface area contributed by atoms with E-state index >= 15 is 0 Å². The van der Waals surface area contributed by atoms with Gasteiger partial charge < -0.3 is 4.74 Å². The van der Waals surface area contributed by atoms with Crippen molar-refractivity contribution in [2.24, 2.45) is 5.41 Å². The Kier molecular flexibility index (Phi) is 1.96. The molecule has 3 aliphatic rings. The largest absolute Gasteiger partial charge is 0.371 e. The zero-order valence-electron chi connectivity index (χ0n) is 9.35. The average molecular weight is 194 g/mol. The van der Waals surface area contributed by atoms with Gasteiger partial charge in [-0.3, -0.25) is 0 Å². The van der Waals surface area contributed by atoms with Crippen LogP contribution in [-0.2, 0) is 4.74 Å². The normalized spacial score (nSPS) is 38.8. The lowest BCUT2D eigenvalue weighted by molar-refractivity contribution is -0.0780. The highest BCUT2D eigenvalue weighted by Crippen LogP contribution is 2.61. The summed E-state index contributed by atoms with van der Waals surface area (Å²) in [4.78, 5) is 0. The minimum atomic E-state index is 0.336. The molecule has 0 aromatic carbocycles. The number of fused-ring (bicyclic) bond motifs is 1. The molecule has 0 aromatic heterocycles. The molecule has 1 atom stereocenters. The third kappa shape index (κ3) is 1.05. The van der Waals surface area contributed by atoms with Gasteiger partial charge in [-0.1, -0.05) is 25.7 Å². The maximum atomic E-state index is 6.35. The van der Waals surface area contributed by atoms with E-state index in [1.165, 1.54) is 57.8 Å². The minimum Gasteiger partial charge on any atom is -0.371 e. The van der Waals surface area contributed by atoms with E-state index in [0.29, 0.717) is 17.1 Å². The third-order valence-corrected chi connectivity index (χ3v) is 5.04. The lowest BCUT2D eigenvalue weighted by Crippen LogP contribution is -2.40. The third-order valence-electron chi connectivity index (χ3n) is 5.04. The molecule has 2 spiro atoms. The van der Waals surface area contributed by atoms with Gasteiger partial charge in [0.15, 0.2) is 0 Å². The summed E-state index contributed by atoms with van der Waals surface area (Å²) in [5, 5.41) is 0. The molecule has 1 unspecified atom stereocenters. The molecule has 80 valence electrons. The second kappa shape index (κ2) is 2.98. The van der Waals surface area contributed by atoms with Crippen molar-refractivity contribution >= 4 is 0 Å². The molecule has 0 radical (unpaired) electrons. The lowest BCUT2D eigenvalue weighted by Gasteiger charge is -2.39. The predicted octanol–water partition coefficient (Wildman–Crippen LogP) is 3.67. The van der Waals surface area contributed by atoms with Crippen molar-refractivity contribution in [2.45, 2.75) is 76.4 Å². The van der Waals surface area contributed by atoms with E-state index in [2.05, 4.69) is 6.92 Å². The minimum absolute atomic E-state index is 0.336. The van der Waals surface area contributed by atoms with Crippen LogP contribution in [0.3, 0.4) is 0 Å². The van der Waals surface area contributed by atoms with Crippen LogP contribution >= 0.6 is 0 Å². The standard InChI is InChI=1S/C13H22O/c1-11-10-12(6-2-3-7-12)13(14-11)8-4-5-9-13/h11H,2-10H2,1H3. The molecule has 3 fully saturated rings. The van der Waals surface area contributed by atoms with Crippen LogP contribution in [0, 0.1) is 5.41 Å².